The average Bonchev–Trinajstić information content (AvgIpc) is 2.42. The quantitative estimate of drug-likeness (QED) is 0.869. The van der Waals surface area contributed by atoms with Crippen LogP contribution in [0, 0.1) is 11.6 Å². The van der Waals surface area contributed by atoms with E-state index in [2.05, 4.69) is 0 Å². The number of benzene rings is 1. The average molecular weight is 320 g/mol. The van der Waals surface area contributed by atoms with E-state index in [0.29, 0.717) is 26.1 Å². The third-order valence-corrected chi connectivity index (χ3v) is 3.85. The van der Waals surface area contributed by atoms with Crippen molar-refractivity contribution in [3.05, 3.63) is 34.4 Å². The first kappa shape index (κ1) is 16.1. The molecule has 1 aromatic carbocycles. The van der Waals surface area contributed by atoms with E-state index in [1.165, 1.54) is 11.9 Å². The molecule has 0 aliphatic carbocycles. The molecule has 1 amide bonds. The molecule has 1 heterocycles. The Labute approximate surface area is 126 Å². The van der Waals surface area contributed by atoms with E-state index >= 15 is 0 Å². The van der Waals surface area contributed by atoms with Crippen LogP contribution in [0.15, 0.2) is 12.1 Å². The largest absolute Gasteiger partial charge is 0.388 e. The molecule has 2 rings (SSSR count). The highest BCUT2D eigenvalue weighted by Gasteiger charge is 2.33. The Morgan fingerprint density at radius 2 is 1.95 bits per heavy atom. The molecule has 0 spiro atoms. The third-order valence-electron chi connectivity index (χ3n) is 3.54. The van der Waals surface area contributed by atoms with E-state index in [9.17, 15) is 18.7 Å². The Morgan fingerprint density at radius 1 is 1.38 bits per heavy atom. The number of carbonyl (C=O) groups excluding carboxylic acids is 1. The monoisotopic (exact) mass is 319 g/mol. The van der Waals surface area contributed by atoms with Crippen LogP contribution in [0.5, 0.6) is 0 Å². The molecule has 1 fully saturated rings. The van der Waals surface area contributed by atoms with Gasteiger partial charge in [0.05, 0.1) is 16.2 Å². The van der Waals surface area contributed by atoms with Crippen LogP contribution in [0.1, 0.15) is 23.2 Å². The molecule has 1 saturated heterocycles. The fourth-order valence-electron chi connectivity index (χ4n) is 2.31. The van der Waals surface area contributed by atoms with Crippen LogP contribution in [0.2, 0.25) is 5.02 Å². The molecule has 0 unspecified atom stereocenters. The van der Waals surface area contributed by atoms with E-state index in [-0.39, 0.29) is 17.1 Å². The van der Waals surface area contributed by atoms with Crippen LogP contribution < -0.4 is 0 Å². The summed E-state index contributed by atoms with van der Waals surface area (Å²) in [7, 11) is 1.48. The van der Waals surface area contributed by atoms with Crippen LogP contribution in [-0.4, -0.2) is 48.3 Å². The highest BCUT2D eigenvalue weighted by Crippen LogP contribution is 2.24. The number of carbonyl (C=O) groups is 1. The van der Waals surface area contributed by atoms with Gasteiger partial charge in [0, 0.05) is 39.6 Å². The van der Waals surface area contributed by atoms with Gasteiger partial charge in [0.15, 0.2) is 11.6 Å². The molecule has 0 aromatic heterocycles. The summed E-state index contributed by atoms with van der Waals surface area (Å²) in [5.41, 5.74) is -1.16. The second-order valence-corrected chi connectivity index (χ2v) is 5.65. The molecule has 1 aromatic rings. The van der Waals surface area contributed by atoms with E-state index in [4.69, 9.17) is 16.3 Å². The number of likely N-dealkylation sites (N-methyl/N-ethyl adjacent to an activating group) is 1. The molecule has 4 nitrogen and oxygen atoms in total. The predicted octanol–water partition coefficient (Wildman–Crippen LogP) is 2.23. The Balaban J connectivity index is 2.14. The van der Waals surface area contributed by atoms with E-state index in [0.717, 1.165) is 12.1 Å². The zero-order valence-electron chi connectivity index (χ0n) is 11.5. The lowest BCUT2D eigenvalue weighted by molar-refractivity contribution is -0.0734. The number of ether oxygens (including phenoxy) is 1. The summed E-state index contributed by atoms with van der Waals surface area (Å²) in [5, 5.41) is 10.2. The van der Waals surface area contributed by atoms with Gasteiger partial charge < -0.3 is 14.7 Å². The summed E-state index contributed by atoms with van der Waals surface area (Å²) < 4.78 is 31.4. The van der Waals surface area contributed by atoms with Gasteiger partial charge in [-0.05, 0) is 12.1 Å². The maximum Gasteiger partial charge on any atom is 0.255 e. The van der Waals surface area contributed by atoms with E-state index < -0.39 is 23.1 Å². The van der Waals surface area contributed by atoms with Crippen LogP contribution in [0.4, 0.5) is 8.78 Å². The number of nitrogens with zero attached hydrogens (tertiary/aromatic N) is 1. The van der Waals surface area contributed by atoms with Crippen molar-refractivity contribution in [3.8, 4) is 0 Å². The smallest absolute Gasteiger partial charge is 0.255 e. The second-order valence-electron chi connectivity index (χ2n) is 5.24. The normalized spacial score (nSPS) is 17.6. The van der Waals surface area contributed by atoms with Crippen LogP contribution in [0.3, 0.4) is 0 Å². The molecule has 0 atom stereocenters. The first-order valence-corrected chi connectivity index (χ1v) is 6.90. The SMILES string of the molecule is CN(CC1(O)CCOCC1)C(=O)c1cc(F)c(F)cc1Cl. The van der Waals surface area contributed by atoms with Crippen molar-refractivity contribution in [2.75, 3.05) is 26.8 Å². The Hall–Kier alpha value is -1.24. The maximum absolute atomic E-state index is 13.2. The van der Waals surface area contributed by atoms with Gasteiger partial charge in [-0.15, -0.1) is 0 Å². The van der Waals surface area contributed by atoms with Crippen molar-refractivity contribution < 1.29 is 23.4 Å². The van der Waals surface area contributed by atoms with Crippen molar-refractivity contribution in [1.29, 1.82) is 0 Å². The van der Waals surface area contributed by atoms with Crippen LogP contribution in [-0.2, 0) is 4.74 Å². The van der Waals surface area contributed by atoms with Crippen LogP contribution in [0.25, 0.3) is 0 Å². The minimum atomic E-state index is -1.14. The Kier molecular flexibility index (Phi) is 4.81. The molecule has 116 valence electrons. The van der Waals surface area contributed by atoms with Crippen LogP contribution >= 0.6 is 11.6 Å². The van der Waals surface area contributed by atoms with Gasteiger partial charge in [0.2, 0.25) is 0 Å². The zero-order valence-corrected chi connectivity index (χ0v) is 12.3. The van der Waals surface area contributed by atoms with Gasteiger partial charge >= 0.3 is 0 Å². The summed E-state index contributed by atoms with van der Waals surface area (Å²) in [4.78, 5) is 13.5. The van der Waals surface area contributed by atoms with E-state index in [1.54, 1.807) is 0 Å². The summed E-state index contributed by atoms with van der Waals surface area (Å²) in [6.07, 6.45) is 0.826. The molecule has 1 aliphatic heterocycles. The van der Waals surface area contributed by atoms with Gasteiger partial charge in [0.1, 0.15) is 0 Å². The molecular formula is C14H16ClF2NO3. The molecule has 21 heavy (non-hydrogen) atoms. The third kappa shape index (κ3) is 3.70. The van der Waals surface area contributed by atoms with Gasteiger partial charge in [0.25, 0.3) is 5.91 Å². The van der Waals surface area contributed by atoms with Crippen molar-refractivity contribution in [1.82, 2.24) is 4.90 Å². The number of hydrogen-bond donors (Lipinski definition) is 1. The molecule has 1 N–H and O–H groups in total. The minimum Gasteiger partial charge on any atom is -0.388 e. The lowest BCUT2D eigenvalue weighted by atomic mass is 9.93. The van der Waals surface area contributed by atoms with Crippen molar-refractivity contribution in [2.24, 2.45) is 0 Å². The second kappa shape index (κ2) is 6.25. The molecule has 1 aliphatic rings. The molecule has 0 radical (unpaired) electrons. The lowest BCUT2D eigenvalue weighted by Gasteiger charge is -2.35. The first-order valence-electron chi connectivity index (χ1n) is 6.52. The highest BCUT2D eigenvalue weighted by atomic mass is 35.5. The molecule has 0 saturated carbocycles. The van der Waals surface area contributed by atoms with Gasteiger partial charge in [-0.3, -0.25) is 4.79 Å². The van der Waals surface area contributed by atoms with Gasteiger partial charge in [-0.1, -0.05) is 11.6 Å². The Bertz CT molecular complexity index is 547. The summed E-state index contributed by atoms with van der Waals surface area (Å²) >= 11 is 5.78. The molecule has 7 heteroatoms. The van der Waals surface area contributed by atoms with Gasteiger partial charge in [-0.2, -0.15) is 0 Å². The number of halogens is 3. The van der Waals surface area contributed by atoms with E-state index in [1.807, 2.05) is 0 Å². The maximum atomic E-state index is 13.2. The topological polar surface area (TPSA) is 49.8 Å². The number of hydrogen-bond acceptors (Lipinski definition) is 3. The van der Waals surface area contributed by atoms with Crippen molar-refractivity contribution in [3.63, 3.8) is 0 Å². The van der Waals surface area contributed by atoms with Crippen molar-refractivity contribution in [2.45, 2.75) is 18.4 Å². The first-order chi connectivity index (χ1) is 9.82. The fraction of sp³-hybridized carbons (Fsp3) is 0.500. The fourth-order valence-corrected chi connectivity index (χ4v) is 2.55. The lowest BCUT2D eigenvalue weighted by Crippen LogP contribution is -2.47. The Morgan fingerprint density at radius 3 is 2.57 bits per heavy atom. The standard InChI is InChI=1S/C14H16ClF2NO3/c1-18(8-14(20)2-4-21-5-3-14)13(19)9-6-11(16)12(17)7-10(9)15/h6-7,20H,2-5,8H2,1H3. The molecular weight excluding hydrogens is 304 g/mol. The highest BCUT2D eigenvalue weighted by molar-refractivity contribution is 6.33. The summed E-state index contributed by atoms with van der Waals surface area (Å²) in [6, 6.07) is 1.53. The minimum absolute atomic E-state index is 0.0739. The zero-order chi connectivity index (χ0) is 15.6. The van der Waals surface area contributed by atoms with Crippen molar-refractivity contribution >= 4 is 17.5 Å². The number of amides is 1. The summed E-state index contributed by atoms with van der Waals surface area (Å²) in [5.74, 6) is -2.82. The number of rotatable bonds is 3. The van der Waals surface area contributed by atoms with Gasteiger partial charge in [-0.25, -0.2) is 8.78 Å². The number of aliphatic hydroxyl groups is 1. The summed E-state index contributed by atoms with van der Waals surface area (Å²) in [6.45, 7) is 0.916. The predicted molar refractivity (Wildman–Crippen MR) is 73.3 cm³/mol. The molecule has 0 bridgehead atoms.